The third-order valence-electron chi connectivity index (χ3n) is 2.62. The highest BCUT2D eigenvalue weighted by atomic mass is 32.2. The minimum atomic E-state index is -3.72. The van der Waals surface area contributed by atoms with Crippen LogP contribution >= 0.6 is 0 Å². The molecule has 0 heterocycles. The topological polar surface area (TPSA) is 63.2 Å². The number of sulfone groups is 1. The van der Waals surface area contributed by atoms with E-state index in [9.17, 15) is 17.6 Å². The summed E-state index contributed by atoms with van der Waals surface area (Å²) in [7, 11) is -3.72. The lowest BCUT2D eigenvalue weighted by molar-refractivity contribution is -0.119. The lowest BCUT2D eigenvalue weighted by atomic mass is 10.2. The quantitative estimate of drug-likeness (QED) is 0.813. The van der Waals surface area contributed by atoms with E-state index in [0.29, 0.717) is 0 Å². The number of rotatable bonds is 6. The van der Waals surface area contributed by atoms with Crippen LogP contribution < -0.4 is 5.32 Å². The van der Waals surface area contributed by atoms with Crippen LogP contribution in [0.15, 0.2) is 29.2 Å². The van der Waals surface area contributed by atoms with Gasteiger partial charge in [-0.1, -0.05) is 13.3 Å². The number of carbonyl (C=O) groups excluding carboxylic acids is 1. The molecule has 19 heavy (non-hydrogen) atoms. The molecule has 1 N–H and O–H groups in total. The van der Waals surface area contributed by atoms with Crippen LogP contribution in [-0.4, -0.2) is 26.1 Å². The van der Waals surface area contributed by atoms with E-state index in [4.69, 9.17) is 0 Å². The van der Waals surface area contributed by atoms with Gasteiger partial charge in [-0.25, -0.2) is 12.8 Å². The summed E-state index contributed by atoms with van der Waals surface area (Å²) < 4.78 is 36.5. The summed E-state index contributed by atoms with van der Waals surface area (Å²) in [5.41, 5.74) is 0. The molecule has 0 spiro atoms. The van der Waals surface area contributed by atoms with Gasteiger partial charge >= 0.3 is 0 Å². The predicted octanol–water partition coefficient (Wildman–Crippen LogP) is 1.90. The van der Waals surface area contributed by atoms with Gasteiger partial charge in [0.25, 0.3) is 0 Å². The fourth-order valence-electron chi connectivity index (χ4n) is 1.72. The maximum Gasteiger partial charge on any atom is 0.235 e. The number of nitrogens with one attached hydrogen (secondary N) is 1. The Hall–Kier alpha value is -1.43. The average Bonchev–Trinajstić information content (AvgIpc) is 2.28. The molecule has 0 saturated heterocycles. The summed E-state index contributed by atoms with van der Waals surface area (Å²) in [6.45, 7) is 3.81. The van der Waals surface area contributed by atoms with Crippen LogP contribution in [0.25, 0.3) is 0 Å². The minimum absolute atomic E-state index is 0.0489. The number of benzene rings is 1. The highest BCUT2D eigenvalue weighted by molar-refractivity contribution is 7.92. The largest absolute Gasteiger partial charge is 0.353 e. The normalized spacial score (nSPS) is 13.0. The average molecular weight is 287 g/mol. The first kappa shape index (κ1) is 15.6. The Morgan fingerprint density at radius 3 is 2.42 bits per heavy atom. The molecule has 0 aliphatic carbocycles. The van der Waals surface area contributed by atoms with Crippen molar-refractivity contribution in [3.05, 3.63) is 30.1 Å². The van der Waals surface area contributed by atoms with Crippen LogP contribution in [0.2, 0.25) is 0 Å². The Morgan fingerprint density at radius 1 is 1.32 bits per heavy atom. The first-order valence-corrected chi connectivity index (χ1v) is 7.78. The van der Waals surface area contributed by atoms with Crippen LogP contribution in [0.1, 0.15) is 26.7 Å². The summed E-state index contributed by atoms with van der Waals surface area (Å²) >= 11 is 0. The summed E-state index contributed by atoms with van der Waals surface area (Å²) in [6, 6.07) is 4.39. The predicted molar refractivity (Wildman–Crippen MR) is 71.0 cm³/mol. The molecule has 0 aliphatic heterocycles. The van der Waals surface area contributed by atoms with Gasteiger partial charge in [0.2, 0.25) is 5.91 Å². The summed E-state index contributed by atoms with van der Waals surface area (Å²) in [6.07, 6.45) is 1.70. The molecule has 0 fully saturated rings. The second kappa shape index (κ2) is 6.65. The number of hydrogen-bond donors (Lipinski definition) is 1. The van der Waals surface area contributed by atoms with E-state index in [1.165, 1.54) is 0 Å². The first-order chi connectivity index (χ1) is 8.85. The van der Waals surface area contributed by atoms with Gasteiger partial charge in [0.1, 0.15) is 11.6 Å². The van der Waals surface area contributed by atoms with Gasteiger partial charge in [0.05, 0.1) is 4.90 Å². The molecule has 1 unspecified atom stereocenters. The molecule has 0 saturated carbocycles. The van der Waals surface area contributed by atoms with Crippen LogP contribution in [0, 0.1) is 5.82 Å². The minimum Gasteiger partial charge on any atom is -0.353 e. The van der Waals surface area contributed by atoms with E-state index in [1.807, 2.05) is 13.8 Å². The summed E-state index contributed by atoms with van der Waals surface area (Å²) in [4.78, 5) is 11.6. The molecule has 0 bridgehead atoms. The van der Waals surface area contributed by atoms with Gasteiger partial charge in [0.15, 0.2) is 9.84 Å². The lowest BCUT2D eigenvalue weighted by Crippen LogP contribution is -2.36. The zero-order chi connectivity index (χ0) is 14.5. The maximum absolute atomic E-state index is 12.7. The van der Waals surface area contributed by atoms with Gasteiger partial charge < -0.3 is 5.32 Å². The zero-order valence-electron chi connectivity index (χ0n) is 11.0. The van der Waals surface area contributed by atoms with Crippen molar-refractivity contribution in [2.24, 2.45) is 0 Å². The van der Waals surface area contributed by atoms with E-state index in [0.717, 1.165) is 37.1 Å². The Labute approximate surface area is 112 Å². The SMILES string of the molecule is CCCC(C)NC(=O)CS(=O)(=O)c1ccc(F)cc1. The fourth-order valence-corrected chi connectivity index (χ4v) is 2.87. The molecule has 0 radical (unpaired) electrons. The Kier molecular flexibility index (Phi) is 5.47. The van der Waals surface area contributed by atoms with E-state index in [-0.39, 0.29) is 10.9 Å². The van der Waals surface area contributed by atoms with E-state index in [2.05, 4.69) is 5.32 Å². The van der Waals surface area contributed by atoms with Crippen LogP contribution in [0.4, 0.5) is 4.39 Å². The van der Waals surface area contributed by atoms with Gasteiger partial charge in [0, 0.05) is 6.04 Å². The number of carbonyl (C=O) groups is 1. The molecule has 0 aromatic heterocycles. The highest BCUT2D eigenvalue weighted by Crippen LogP contribution is 2.11. The Balaban J connectivity index is 2.69. The van der Waals surface area contributed by atoms with Crippen molar-refractivity contribution in [1.82, 2.24) is 5.32 Å². The molecular weight excluding hydrogens is 269 g/mol. The van der Waals surface area contributed by atoms with Crippen molar-refractivity contribution in [1.29, 1.82) is 0 Å². The summed E-state index contributed by atoms with van der Waals surface area (Å²) in [5.74, 6) is -1.67. The van der Waals surface area contributed by atoms with Crippen molar-refractivity contribution < 1.29 is 17.6 Å². The van der Waals surface area contributed by atoms with Crippen molar-refractivity contribution >= 4 is 15.7 Å². The second-order valence-electron chi connectivity index (χ2n) is 4.47. The van der Waals surface area contributed by atoms with E-state index in [1.54, 1.807) is 0 Å². The van der Waals surface area contributed by atoms with E-state index >= 15 is 0 Å². The van der Waals surface area contributed by atoms with Gasteiger partial charge in [-0.3, -0.25) is 4.79 Å². The zero-order valence-corrected chi connectivity index (χ0v) is 11.8. The van der Waals surface area contributed by atoms with Crippen molar-refractivity contribution in [2.75, 3.05) is 5.75 Å². The molecule has 6 heteroatoms. The molecule has 4 nitrogen and oxygen atoms in total. The van der Waals surface area contributed by atoms with Gasteiger partial charge in [-0.2, -0.15) is 0 Å². The lowest BCUT2D eigenvalue weighted by Gasteiger charge is -2.12. The smallest absolute Gasteiger partial charge is 0.235 e. The maximum atomic E-state index is 12.7. The Morgan fingerprint density at radius 2 is 1.89 bits per heavy atom. The molecule has 1 aromatic rings. The van der Waals surface area contributed by atoms with Gasteiger partial charge in [-0.15, -0.1) is 0 Å². The molecule has 0 aliphatic rings. The highest BCUT2D eigenvalue weighted by Gasteiger charge is 2.20. The van der Waals surface area contributed by atoms with Crippen LogP contribution in [0.3, 0.4) is 0 Å². The van der Waals surface area contributed by atoms with Crippen molar-refractivity contribution in [3.63, 3.8) is 0 Å². The molecule has 1 rings (SSSR count). The molecular formula is C13H18FNO3S. The standard InChI is InChI=1S/C13H18FNO3S/c1-3-4-10(2)15-13(16)9-19(17,18)12-7-5-11(14)6-8-12/h5-8,10H,3-4,9H2,1-2H3,(H,15,16). The molecule has 1 atom stereocenters. The fraction of sp³-hybridized carbons (Fsp3) is 0.462. The monoisotopic (exact) mass is 287 g/mol. The Bertz CT molecular complexity index is 525. The third kappa shape index (κ3) is 4.98. The van der Waals surface area contributed by atoms with Gasteiger partial charge in [-0.05, 0) is 37.6 Å². The van der Waals surface area contributed by atoms with Crippen LogP contribution in [-0.2, 0) is 14.6 Å². The summed E-state index contributed by atoms with van der Waals surface area (Å²) in [5, 5.41) is 2.63. The van der Waals surface area contributed by atoms with Crippen LogP contribution in [0.5, 0.6) is 0 Å². The molecule has 106 valence electrons. The number of amides is 1. The third-order valence-corrected chi connectivity index (χ3v) is 4.26. The van der Waals surface area contributed by atoms with Crippen molar-refractivity contribution in [2.45, 2.75) is 37.6 Å². The second-order valence-corrected chi connectivity index (χ2v) is 6.46. The first-order valence-electron chi connectivity index (χ1n) is 6.13. The number of hydrogen-bond acceptors (Lipinski definition) is 3. The molecule has 1 amide bonds. The van der Waals surface area contributed by atoms with E-state index < -0.39 is 27.3 Å². The van der Waals surface area contributed by atoms with Crippen molar-refractivity contribution in [3.8, 4) is 0 Å². The number of halogens is 1. The molecule has 1 aromatic carbocycles.